The number of anilines is 1. The van der Waals surface area contributed by atoms with E-state index in [1.54, 1.807) is 0 Å². The highest BCUT2D eigenvalue weighted by Crippen LogP contribution is 2.36. The molecular formula is C16H17ClN2O2S. The van der Waals surface area contributed by atoms with Crippen LogP contribution in [0.4, 0.5) is 5.69 Å². The molecule has 0 atom stereocenters. The fourth-order valence-corrected chi connectivity index (χ4v) is 3.67. The second-order valence-electron chi connectivity index (χ2n) is 5.02. The molecule has 0 spiro atoms. The largest absolute Gasteiger partial charge is 0.464 e. The van der Waals surface area contributed by atoms with Gasteiger partial charge in [-0.1, -0.05) is 23.7 Å². The Morgan fingerprint density at radius 2 is 1.95 bits per heavy atom. The molecule has 2 heterocycles. The fourth-order valence-electron chi connectivity index (χ4n) is 2.64. The van der Waals surface area contributed by atoms with Gasteiger partial charge in [0.05, 0.1) is 12.8 Å². The molecule has 0 saturated carbocycles. The highest BCUT2D eigenvalue weighted by Gasteiger charge is 2.25. The number of benzene rings is 1. The molecule has 4 nitrogen and oxygen atoms in total. The highest BCUT2D eigenvalue weighted by atomic mass is 35.5. The molecule has 0 bridgehead atoms. The number of aromatic amines is 1. The number of nitrogens with one attached hydrogen (secondary N) is 1. The van der Waals surface area contributed by atoms with Crippen LogP contribution in [-0.2, 0) is 4.74 Å². The van der Waals surface area contributed by atoms with E-state index in [1.165, 1.54) is 7.11 Å². The summed E-state index contributed by atoms with van der Waals surface area (Å²) in [6, 6.07) is 7.65. The van der Waals surface area contributed by atoms with Crippen LogP contribution in [0.25, 0.3) is 11.1 Å². The highest BCUT2D eigenvalue weighted by molar-refractivity contribution is 7.99. The van der Waals surface area contributed by atoms with E-state index in [2.05, 4.69) is 9.88 Å². The number of rotatable bonds is 3. The average molecular weight is 337 g/mol. The Labute approximate surface area is 138 Å². The smallest absolute Gasteiger partial charge is 0.356 e. The Bertz CT molecular complexity index is 663. The number of aromatic nitrogens is 1. The molecule has 116 valence electrons. The number of carbonyl (C=O) groups excluding carboxylic acids is 1. The van der Waals surface area contributed by atoms with Crippen LogP contribution in [0.5, 0.6) is 0 Å². The maximum atomic E-state index is 12.1. The van der Waals surface area contributed by atoms with Crippen molar-refractivity contribution in [2.24, 2.45) is 0 Å². The first kappa shape index (κ1) is 15.3. The van der Waals surface area contributed by atoms with Gasteiger partial charge in [-0.25, -0.2) is 4.79 Å². The molecule has 0 radical (unpaired) electrons. The molecule has 1 aromatic carbocycles. The maximum Gasteiger partial charge on any atom is 0.356 e. The number of hydrogen-bond donors (Lipinski definition) is 1. The van der Waals surface area contributed by atoms with E-state index in [4.69, 9.17) is 16.3 Å². The third-order valence-corrected chi connectivity index (χ3v) is 4.92. The lowest BCUT2D eigenvalue weighted by atomic mass is 10.1. The van der Waals surface area contributed by atoms with E-state index in [1.807, 2.05) is 42.2 Å². The minimum atomic E-state index is -0.339. The number of hydrogen-bond acceptors (Lipinski definition) is 4. The zero-order valence-corrected chi connectivity index (χ0v) is 13.8. The van der Waals surface area contributed by atoms with Gasteiger partial charge < -0.3 is 14.6 Å². The van der Waals surface area contributed by atoms with Crippen LogP contribution >= 0.6 is 23.4 Å². The second kappa shape index (κ2) is 6.67. The lowest BCUT2D eigenvalue weighted by Gasteiger charge is -2.29. The molecule has 0 unspecified atom stereocenters. The van der Waals surface area contributed by atoms with Crippen LogP contribution in [0, 0.1) is 0 Å². The van der Waals surface area contributed by atoms with Crippen molar-refractivity contribution in [3.05, 3.63) is 41.2 Å². The van der Waals surface area contributed by atoms with Crippen molar-refractivity contribution < 1.29 is 9.53 Å². The maximum absolute atomic E-state index is 12.1. The number of halogens is 1. The third-order valence-electron chi connectivity index (χ3n) is 3.72. The summed E-state index contributed by atoms with van der Waals surface area (Å²) < 4.78 is 4.91. The summed E-state index contributed by atoms with van der Waals surface area (Å²) in [5, 5.41) is 0.698. The number of esters is 1. The number of carbonyl (C=O) groups is 1. The first-order valence-electron chi connectivity index (χ1n) is 7.09. The Morgan fingerprint density at radius 3 is 2.59 bits per heavy atom. The Balaban J connectivity index is 2.07. The van der Waals surface area contributed by atoms with Gasteiger partial charge in [0.2, 0.25) is 0 Å². The van der Waals surface area contributed by atoms with Crippen molar-refractivity contribution in [1.29, 1.82) is 0 Å². The van der Waals surface area contributed by atoms with E-state index in [0.29, 0.717) is 10.7 Å². The van der Waals surface area contributed by atoms with Crippen LogP contribution in [0.2, 0.25) is 5.02 Å². The zero-order chi connectivity index (χ0) is 15.5. The lowest BCUT2D eigenvalue weighted by molar-refractivity contribution is 0.0595. The summed E-state index contributed by atoms with van der Waals surface area (Å²) in [5.74, 6) is 1.78. The molecule has 1 N–H and O–H groups in total. The fraction of sp³-hybridized carbons (Fsp3) is 0.312. The predicted octanol–water partition coefficient (Wildman–Crippen LogP) is 3.67. The van der Waals surface area contributed by atoms with Gasteiger partial charge in [-0.2, -0.15) is 11.8 Å². The Morgan fingerprint density at radius 1 is 1.27 bits per heavy atom. The Hall–Kier alpha value is -1.59. The summed E-state index contributed by atoms with van der Waals surface area (Å²) in [4.78, 5) is 17.4. The van der Waals surface area contributed by atoms with Gasteiger partial charge in [0, 0.05) is 41.4 Å². The molecule has 6 heteroatoms. The Kier molecular flexibility index (Phi) is 4.64. The van der Waals surface area contributed by atoms with Gasteiger partial charge in [-0.3, -0.25) is 0 Å². The standard InChI is InChI=1S/C16H17ClN2O2S/c1-21-16(20)14-15(19-6-8-22-9-7-19)13(10-18-14)11-2-4-12(17)5-3-11/h2-5,10,18H,6-9H2,1H3. The van der Waals surface area contributed by atoms with E-state index in [-0.39, 0.29) is 5.97 Å². The van der Waals surface area contributed by atoms with Gasteiger partial charge in [-0.05, 0) is 17.7 Å². The predicted molar refractivity (Wildman–Crippen MR) is 92.1 cm³/mol. The minimum Gasteiger partial charge on any atom is -0.464 e. The van der Waals surface area contributed by atoms with Crippen LogP contribution in [-0.4, -0.2) is 42.7 Å². The molecule has 1 aliphatic heterocycles. The van der Waals surface area contributed by atoms with Gasteiger partial charge in [0.25, 0.3) is 0 Å². The topological polar surface area (TPSA) is 45.3 Å². The monoisotopic (exact) mass is 336 g/mol. The summed E-state index contributed by atoms with van der Waals surface area (Å²) in [5.41, 5.74) is 3.47. The number of nitrogens with zero attached hydrogens (tertiary/aromatic N) is 1. The van der Waals surface area contributed by atoms with Crippen molar-refractivity contribution in [3.63, 3.8) is 0 Å². The SMILES string of the molecule is COC(=O)c1[nH]cc(-c2ccc(Cl)cc2)c1N1CCSCC1. The van der Waals surface area contributed by atoms with Crippen LogP contribution < -0.4 is 4.90 Å². The first-order valence-corrected chi connectivity index (χ1v) is 8.62. The zero-order valence-electron chi connectivity index (χ0n) is 12.3. The van der Waals surface area contributed by atoms with Gasteiger partial charge in [0.15, 0.2) is 0 Å². The summed E-state index contributed by atoms with van der Waals surface area (Å²) in [6.07, 6.45) is 1.87. The van der Waals surface area contributed by atoms with Crippen LogP contribution in [0.15, 0.2) is 30.5 Å². The van der Waals surface area contributed by atoms with Crippen molar-refractivity contribution in [2.45, 2.75) is 0 Å². The third kappa shape index (κ3) is 2.96. The molecule has 1 saturated heterocycles. The molecule has 1 fully saturated rings. The minimum absolute atomic E-state index is 0.339. The van der Waals surface area contributed by atoms with E-state index in [9.17, 15) is 4.79 Å². The molecule has 1 aliphatic rings. The molecule has 22 heavy (non-hydrogen) atoms. The van der Waals surface area contributed by atoms with Crippen molar-refractivity contribution in [2.75, 3.05) is 36.6 Å². The molecule has 1 aromatic heterocycles. The molecule has 0 amide bonds. The van der Waals surface area contributed by atoms with E-state index < -0.39 is 0 Å². The average Bonchev–Trinajstić information content (AvgIpc) is 3.00. The van der Waals surface area contributed by atoms with Gasteiger partial charge >= 0.3 is 5.97 Å². The summed E-state index contributed by atoms with van der Waals surface area (Å²) >= 11 is 7.90. The molecule has 3 rings (SSSR count). The summed E-state index contributed by atoms with van der Waals surface area (Å²) in [6.45, 7) is 1.85. The van der Waals surface area contributed by atoms with Crippen molar-refractivity contribution >= 4 is 35.0 Å². The first-order chi connectivity index (χ1) is 10.7. The quantitative estimate of drug-likeness (QED) is 0.869. The molecule has 0 aliphatic carbocycles. The number of thioether (sulfide) groups is 1. The number of H-pyrrole nitrogens is 1. The van der Waals surface area contributed by atoms with Crippen LogP contribution in [0.3, 0.4) is 0 Å². The normalized spacial score (nSPS) is 14.9. The van der Waals surface area contributed by atoms with Gasteiger partial charge in [0.1, 0.15) is 5.69 Å². The van der Waals surface area contributed by atoms with Crippen LogP contribution in [0.1, 0.15) is 10.5 Å². The number of ether oxygens (including phenoxy) is 1. The second-order valence-corrected chi connectivity index (χ2v) is 6.69. The molecule has 2 aromatic rings. The summed E-state index contributed by atoms with van der Waals surface area (Å²) in [7, 11) is 1.40. The lowest BCUT2D eigenvalue weighted by Crippen LogP contribution is -2.33. The van der Waals surface area contributed by atoms with Crippen molar-refractivity contribution in [3.8, 4) is 11.1 Å². The van der Waals surface area contributed by atoms with E-state index >= 15 is 0 Å². The van der Waals surface area contributed by atoms with Crippen molar-refractivity contribution in [1.82, 2.24) is 4.98 Å². The number of methoxy groups -OCH3 is 1. The van der Waals surface area contributed by atoms with E-state index in [0.717, 1.165) is 41.4 Å². The van der Waals surface area contributed by atoms with Gasteiger partial charge in [-0.15, -0.1) is 0 Å². The molecular weight excluding hydrogens is 320 g/mol.